The highest BCUT2D eigenvalue weighted by Gasteiger charge is 2.56. The van der Waals surface area contributed by atoms with Crippen molar-refractivity contribution in [3.05, 3.63) is 74.9 Å². The third-order valence-electron chi connectivity index (χ3n) is 9.21. The van der Waals surface area contributed by atoms with Gasteiger partial charge in [0.05, 0.1) is 54.4 Å². The van der Waals surface area contributed by atoms with Crippen molar-refractivity contribution in [1.82, 2.24) is 18.3 Å². The van der Waals surface area contributed by atoms with Gasteiger partial charge >= 0.3 is 34.2 Å². The molecular formula is C32H60N8O4Si4+4. The van der Waals surface area contributed by atoms with Crippen LogP contribution in [0.4, 0.5) is 0 Å². The second kappa shape index (κ2) is 15.6. The van der Waals surface area contributed by atoms with Crippen molar-refractivity contribution >= 4 is 34.2 Å². The number of nitrogens with zero attached hydrogens (tertiary/aromatic N) is 8. The first-order chi connectivity index (χ1) is 22.7. The highest BCUT2D eigenvalue weighted by Crippen LogP contribution is 2.39. The van der Waals surface area contributed by atoms with Gasteiger partial charge in [0.15, 0.2) is 0 Å². The van der Waals surface area contributed by atoms with Crippen LogP contribution in [0.15, 0.2) is 74.9 Å². The summed E-state index contributed by atoms with van der Waals surface area (Å²) in [5, 5.41) is 0. The molecule has 1 fully saturated rings. The minimum atomic E-state index is -2.68. The fourth-order valence-corrected chi connectivity index (χ4v) is 30.4. The van der Waals surface area contributed by atoms with Gasteiger partial charge < -0.3 is 16.5 Å². The molecule has 1 saturated heterocycles. The van der Waals surface area contributed by atoms with Crippen LogP contribution in [0.3, 0.4) is 0 Å². The van der Waals surface area contributed by atoms with Crippen LogP contribution in [0.2, 0.25) is 50.4 Å². The van der Waals surface area contributed by atoms with Crippen LogP contribution in [0.5, 0.6) is 0 Å². The lowest BCUT2D eigenvalue weighted by atomic mass is 10.5. The largest absolute Gasteiger partial charge is 0.416 e. The van der Waals surface area contributed by atoms with E-state index in [1.54, 1.807) is 0 Å². The Balaban J connectivity index is 1.37. The van der Waals surface area contributed by atoms with Gasteiger partial charge in [-0.05, 0) is 76.0 Å². The van der Waals surface area contributed by atoms with Crippen molar-refractivity contribution in [2.45, 2.75) is 102 Å². The number of aryl methyl sites for hydroxylation is 8. The van der Waals surface area contributed by atoms with Crippen LogP contribution in [0.1, 0.15) is 25.7 Å². The Morgan fingerprint density at radius 3 is 0.771 bits per heavy atom. The van der Waals surface area contributed by atoms with Crippen molar-refractivity contribution in [3.63, 3.8) is 0 Å². The molecule has 5 rings (SSSR count). The van der Waals surface area contributed by atoms with Gasteiger partial charge in [-0.3, -0.25) is 0 Å². The Morgan fingerprint density at radius 1 is 0.396 bits per heavy atom. The van der Waals surface area contributed by atoms with E-state index in [0.717, 1.165) is 76.0 Å². The van der Waals surface area contributed by atoms with Gasteiger partial charge in [0.1, 0.15) is 49.6 Å². The van der Waals surface area contributed by atoms with Gasteiger partial charge in [0.2, 0.25) is 25.3 Å². The molecule has 264 valence electrons. The Labute approximate surface area is 291 Å². The van der Waals surface area contributed by atoms with Crippen molar-refractivity contribution in [3.8, 4) is 0 Å². The number of hydrogen-bond donors (Lipinski definition) is 0. The predicted octanol–water partition coefficient (Wildman–Crippen LogP) is 3.22. The number of rotatable bonds is 16. The highest BCUT2D eigenvalue weighted by molar-refractivity contribution is 6.93. The van der Waals surface area contributed by atoms with Crippen molar-refractivity contribution in [2.24, 2.45) is 28.2 Å². The molecule has 16 heteroatoms. The van der Waals surface area contributed by atoms with Gasteiger partial charge in [0, 0.05) is 0 Å². The second-order valence-corrected chi connectivity index (χ2v) is 29.0. The fraction of sp³-hybridized carbons (Fsp3) is 0.625. The Bertz CT molecular complexity index is 1360. The first-order valence-corrected chi connectivity index (χ1v) is 27.7. The van der Waals surface area contributed by atoms with Crippen LogP contribution in [0, 0.1) is 0 Å². The normalized spacial score (nSPS) is 26.5. The molecule has 4 aromatic rings. The number of hydrogen-bond acceptors (Lipinski definition) is 4. The topological polar surface area (TPSA) is 72.2 Å². The van der Waals surface area contributed by atoms with Gasteiger partial charge in [0.25, 0.3) is 0 Å². The van der Waals surface area contributed by atoms with Gasteiger partial charge in [-0.1, -0.05) is 0 Å². The number of aromatic nitrogens is 8. The zero-order valence-corrected chi connectivity index (χ0v) is 34.6. The zero-order chi connectivity index (χ0) is 34.4. The summed E-state index contributed by atoms with van der Waals surface area (Å²) in [6.45, 7) is 12.9. The van der Waals surface area contributed by atoms with E-state index in [1.807, 2.05) is 0 Å². The molecule has 12 nitrogen and oxygen atoms in total. The van der Waals surface area contributed by atoms with Crippen molar-refractivity contribution < 1.29 is 34.7 Å². The first kappa shape index (κ1) is 36.8. The SMILES string of the molecule is C[n+]1ccn(CCC[Si]2(C)O[Si](C)(CCCn3cc[n+](C)c3)O[Si](C)(CCCn3cc[n+](C)c3)O[Si](C)(CCCn3cc[n+](C)c3)O2)c1. The molecular weight excluding hydrogens is 673 g/mol. The molecule has 0 aromatic carbocycles. The quantitative estimate of drug-likeness (QED) is 0.131. The Kier molecular flexibility index (Phi) is 12.0. The maximum atomic E-state index is 7.46. The average Bonchev–Trinajstić information content (AvgIpc) is 3.78. The predicted molar refractivity (Wildman–Crippen MR) is 191 cm³/mol. The lowest BCUT2D eigenvalue weighted by Gasteiger charge is -2.50. The molecule has 5 heterocycles. The second-order valence-electron chi connectivity index (χ2n) is 14.6. The van der Waals surface area contributed by atoms with Crippen molar-refractivity contribution in [1.29, 1.82) is 0 Å². The van der Waals surface area contributed by atoms with E-state index in [1.165, 1.54) is 0 Å². The lowest BCUT2D eigenvalue weighted by molar-refractivity contribution is -0.671. The summed E-state index contributed by atoms with van der Waals surface area (Å²) in [5.74, 6) is 0. The van der Waals surface area contributed by atoms with Gasteiger partial charge in [-0.15, -0.1) is 0 Å². The number of imidazole rings is 4. The van der Waals surface area contributed by atoms with E-state index in [0.29, 0.717) is 0 Å². The highest BCUT2D eigenvalue weighted by atomic mass is 28.5. The molecule has 0 atom stereocenters. The molecule has 0 radical (unpaired) electrons. The molecule has 0 spiro atoms. The Hall–Kier alpha value is -2.45. The lowest BCUT2D eigenvalue weighted by Crippen LogP contribution is -2.67. The van der Waals surface area contributed by atoms with E-state index in [9.17, 15) is 0 Å². The van der Waals surface area contributed by atoms with Crippen LogP contribution in [0.25, 0.3) is 0 Å². The minimum absolute atomic E-state index is 0.913. The monoisotopic (exact) mass is 732 g/mol. The summed E-state index contributed by atoms with van der Waals surface area (Å²) in [5.41, 5.74) is 0. The maximum Gasteiger partial charge on any atom is 0.317 e. The summed E-state index contributed by atoms with van der Waals surface area (Å²) < 4.78 is 47.2. The molecule has 0 saturated carbocycles. The van der Waals surface area contributed by atoms with Crippen LogP contribution >= 0.6 is 0 Å². The van der Waals surface area contributed by atoms with E-state index >= 15 is 0 Å². The third-order valence-corrected chi connectivity index (χ3v) is 28.1. The van der Waals surface area contributed by atoms with E-state index in [2.05, 4.69) is 166 Å². The molecule has 4 aromatic heterocycles. The Morgan fingerprint density at radius 2 is 0.604 bits per heavy atom. The van der Waals surface area contributed by atoms with E-state index in [4.69, 9.17) is 16.5 Å². The zero-order valence-electron chi connectivity index (χ0n) is 30.6. The molecule has 1 aliphatic heterocycles. The van der Waals surface area contributed by atoms with Crippen LogP contribution in [-0.4, -0.2) is 52.5 Å². The van der Waals surface area contributed by atoms with Crippen LogP contribution < -0.4 is 18.3 Å². The third kappa shape index (κ3) is 10.8. The fourth-order valence-electron chi connectivity index (χ4n) is 7.19. The molecule has 48 heavy (non-hydrogen) atoms. The standard InChI is InChI=1S/C32H60N8O4Si4/c1-33-17-21-37(29-33)13-9-25-45(5)41-46(6,26-10-14-38-22-18-34(2)30-38)43-48(8,28-12-16-40-24-20-36(4)32-40)44-47(7,42-45)27-11-15-39-23-19-35(3)31-39/h17-24,29-32H,9-16,25-28H2,1-8H3/q+4. The molecule has 0 unspecified atom stereocenters. The van der Waals surface area contributed by atoms with Gasteiger partial charge in [-0.25, -0.2) is 36.5 Å². The molecule has 0 N–H and O–H groups in total. The van der Waals surface area contributed by atoms with E-state index < -0.39 is 34.2 Å². The summed E-state index contributed by atoms with van der Waals surface area (Å²) >= 11 is 0. The van der Waals surface area contributed by atoms with Gasteiger partial charge in [-0.2, -0.15) is 0 Å². The van der Waals surface area contributed by atoms with E-state index in [-0.39, 0.29) is 0 Å². The summed E-state index contributed by atoms with van der Waals surface area (Å²) in [6, 6.07) is 3.65. The average molecular weight is 733 g/mol. The summed E-state index contributed by atoms with van der Waals surface area (Å²) in [4.78, 5) is 0. The first-order valence-electron chi connectivity index (χ1n) is 17.6. The summed E-state index contributed by atoms with van der Waals surface area (Å²) in [6.07, 6.45) is 29.5. The minimum Gasteiger partial charge on any atom is -0.416 e. The molecule has 0 aliphatic carbocycles. The van der Waals surface area contributed by atoms with Crippen molar-refractivity contribution in [2.75, 3.05) is 0 Å². The molecule has 0 amide bonds. The molecule has 0 bridgehead atoms. The molecule has 1 aliphatic rings. The van der Waals surface area contributed by atoms with Crippen LogP contribution in [-0.2, 0) is 70.8 Å². The smallest absolute Gasteiger partial charge is 0.317 e. The summed E-state index contributed by atoms with van der Waals surface area (Å²) in [7, 11) is -2.47. The maximum absolute atomic E-state index is 7.46.